The van der Waals surface area contributed by atoms with Crippen LogP contribution in [0.1, 0.15) is 12.0 Å². The zero-order chi connectivity index (χ0) is 24.8. The summed E-state index contributed by atoms with van der Waals surface area (Å²) in [5, 5.41) is 9.97. The Morgan fingerprint density at radius 2 is 1.89 bits per heavy atom. The van der Waals surface area contributed by atoms with E-state index in [1.54, 1.807) is 54.5 Å². The smallest absolute Gasteiger partial charge is 0.266 e. The Bertz CT molecular complexity index is 1460. The Morgan fingerprint density at radius 3 is 2.63 bits per heavy atom. The van der Waals surface area contributed by atoms with Gasteiger partial charge in [-0.3, -0.25) is 14.2 Å². The number of hydrogen-bond acceptors (Lipinski definition) is 6. The molecule has 0 aliphatic carbocycles. The molecule has 4 aromatic rings. The third-order valence-corrected chi connectivity index (χ3v) is 6.40. The van der Waals surface area contributed by atoms with Gasteiger partial charge in [-0.25, -0.2) is 4.98 Å². The predicted octanol–water partition coefficient (Wildman–Crippen LogP) is 4.74. The maximum atomic E-state index is 13.5. The number of hydrogen-bond donors (Lipinski definition) is 0. The van der Waals surface area contributed by atoms with Gasteiger partial charge in [-0.2, -0.15) is 5.26 Å². The van der Waals surface area contributed by atoms with Gasteiger partial charge in [-0.1, -0.05) is 47.7 Å². The third-order valence-electron chi connectivity index (χ3n) is 5.48. The van der Waals surface area contributed by atoms with Crippen molar-refractivity contribution in [3.05, 3.63) is 88.7 Å². The van der Waals surface area contributed by atoms with Gasteiger partial charge in [0.25, 0.3) is 5.56 Å². The van der Waals surface area contributed by atoms with Gasteiger partial charge < -0.3 is 9.64 Å². The number of ether oxygens (including phenoxy) is 1. The van der Waals surface area contributed by atoms with Gasteiger partial charge in [0.2, 0.25) is 5.91 Å². The van der Waals surface area contributed by atoms with Crippen LogP contribution in [0.4, 0.5) is 5.69 Å². The van der Waals surface area contributed by atoms with Gasteiger partial charge in [0.1, 0.15) is 5.75 Å². The molecule has 0 bridgehead atoms. The fourth-order valence-electron chi connectivity index (χ4n) is 3.67. The summed E-state index contributed by atoms with van der Waals surface area (Å²) in [5.41, 5.74) is 2.75. The molecule has 0 atom stereocenters. The molecule has 176 valence electrons. The highest BCUT2D eigenvalue weighted by molar-refractivity contribution is 7.99. The van der Waals surface area contributed by atoms with Crippen LogP contribution in [-0.4, -0.2) is 34.9 Å². The first-order chi connectivity index (χ1) is 17.0. The van der Waals surface area contributed by atoms with Crippen molar-refractivity contribution in [2.45, 2.75) is 18.5 Å². The van der Waals surface area contributed by atoms with Crippen molar-refractivity contribution in [2.75, 3.05) is 24.3 Å². The topological polar surface area (TPSA) is 88.2 Å². The van der Waals surface area contributed by atoms with Crippen LogP contribution in [-0.2, 0) is 4.79 Å². The van der Waals surface area contributed by atoms with Crippen LogP contribution in [0.15, 0.2) is 82.7 Å². The third kappa shape index (κ3) is 5.36. The first-order valence-corrected chi connectivity index (χ1v) is 12.0. The van der Waals surface area contributed by atoms with Crippen molar-refractivity contribution in [3.63, 3.8) is 0 Å². The van der Waals surface area contributed by atoms with E-state index in [-0.39, 0.29) is 30.2 Å². The lowest BCUT2D eigenvalue weighted by atomic mass is 10.2. The van der Waals surface area contributed by atoms with Crippen LogP contribution >= 0.6 is 11.8 Å². The van der Waals surface area contributed by atoms with Gasteiger partial charge in [-0.15, -0.1) is 0 Å². The second-order valence-corrected chi connectivity index (χ2v) is 8.77. The average Bonchev–Trinajstić information content (AvgIpc) is 2.88. The van der Waals surface area contributed by atoms with E-state index in [0.29, 0.717) is 27.5 Å². The van der Waals surface area contributed by atoms with Crippen molar-refractivity contribution in [1.29, 1.82) is 5.26 Å². The van der Waals surface area contributed by atoms with Crippen LogP contribution in [0.2, 0.25) is 0 Å². The number of methoxy groups -OCH3 is 1. The number of aryl methyl sites for hydroxylation is 1. The van der Waals surface area contributed by atoms with Crippen LogP contribution in [0.3, 0.4) is 0 Å². The van der Waals surface area contributed by atoms with E-state index in [0.717, 1.165) is 11.3 Å². The molecule has 0 saturated carbocycles. The molecular weight excluding hydrogens is 460 g/mol. The minimum Gasteiger partial charge on any atom is -0.497 e. The van der Waals surface area contributed by atoms with Crippen LogP contribution in [0, 0.1) is 18.3 Å². The number of benzene rings is 3. The predicted molar refractivity (Wildman–Crippen MR) is 138 cm³/mol. The molecule has 4 rings (SSSR count). The van der Waals surface area contributed by atoms with E-state index in [2.05, 4.69) is 6.07 Å². The second kappa shape index (κ2) is 10.9. The summed E-state index contributed by atoms with van der Waals surface area (Å²) in [6.45, 7) is 2.26. The molecule has 0 saturated heterocycles. The minimum atomic E-state index is -0.223. The van der Waals surface area contributed by atoms with Gasteiger partial charge >= 0.3 is 0 Å². The lowest BCUT2D eigenvalue weighted by Crippen LogP contribution is -2.33. The standard InChI is InChI=1S/C27H24N4O3S/c1-19-11-13-20(14-12-19)30(16-6-15-28)25(32)18-35-27-29-24-10-4-3-9-23(24)26(33)31(27)21-7-5-8-22(17-21)34-2/h3-5,7-14,17H,6,16,18H2,1-2H3. The quantitative estimate of drug-likeness (QED) is 0.265. The normalized spacial score (nSPS) is 10.7. The largest absolute Gasteiger partial charge is 0.497 e. The number of anilines is 1. The van der Waals surface area contributed by atoms with E-state index in [1.807, 2.05) is 37.3 Å². The number of rotatable bonds is 8. The summed E-state index contributed by atoms with van der Waals surface area (Å²) in [7, 11) is 1.57. The number of nitriles is 1. The molecule has 0 aliphatic rings. The lowest BCUT2D eigenvalue weighted by molar-refractivity contribution is -0.116. The average molecular weight is 485 g/mol. The van der Waals surface area contributed by atoms with Gasteiger partial charge in [-0.05, 0) is 43.3 Å². The van der Waals surface area contributed by atoms with Crippen molar-refractivity contribution in [3.8, 4) is 17.5 Å². The van der Waals surface area contributed by atoms with E-state index in [9.17, 15) is 9.59 Å². The molecule has 0 N–H and O–H groups in total. The van der Waals surface area contributed by atoms with Crippen molar-refractivity contribution in [1.82, 2.24) is 9.55 Å². The number of amides is 1. The minimum absolute atomic E-state index is 0.0497. The molecule has 1 amide bonds. The first kappa shape index (κ1) is 24.0. The number of aromatic nitrogens is 2. The summed E-state index contributed by atoms with van der Waals surface area (Å²) in [5.74, 6) is 0.485. The molecule has 35 heavy (non-hydrogen) atoms. The monoisotopic (exact) mass is 484 g/mol. The molecule has 0 aliphatic heterocycles. The molecule has 0 unspecified atom stereocenters. The number of fused-ring (bicyclic) bond motifs is 1. The van der Waals surface area contributed by atoms with E-state index in [1.165, 1.54) is 16.3 Å². The molecule has 1 heterocycles. The maximum absolute atomic E-state index is 13.5. The zero-order valence-electron chi connectivity index (χ0n) is 19.5. The molecule has 0 radical (unpaired) electrons. The van der Waals surface area contributed by atoms with Crippen molar-refractivity contribution in [2.24, 2.45) is 0 Å². The van der Waals surface area contributed by atoms with Crippen molar-refractivity contribution < 1.29 is 9.53 Å². The number of thioether (sulfide) groups is 1. The summed E-state index contributed by atoms with van der Waals surface area (Å²) >= 11 is 1.19. The van der Waals surface area contributed by atoms with Crippen LogP contribution < -0.4 is 15.2 Å². The zero-order valence-corrected chi connectivity index (χ0v) is 20.3. The van der Waals surface area contributed by atoms with E-state index >= 15 is 0 Å². The van der Waals surface area contributed by atoms with Gasteiger partial charge in [0.05, 0.1) is 41.9 Å². The maximum Gasteiger partial charge on any atom is 0.266 e. The Labute approximate surface area is 207 Å². The Hall–Kier alpha value is -4.09. The molecular formula is C27H24N4O3S. The van der Waals surface area contributed by atoms with Crippen LogP contribution in [0.25, 0.3) is 16.6 Å². The number of carbonyl (C=O) groups excluding carboxylic acids is 1. The highest BCUT2D eigenvalue weighted by Gasteiger charge is 2.19. The van der Waals surface area contributed by atoms with Gasteiger partial charge in [0, 0.05) is 18.3 Å². The fourth-order valence-corrected chi connectivity index (χ4v) is 4.56. The molecule has 1 aromatic heterocycles. The van der Waals surface area contributed by atoms with Gasteiger partial charge in [0.15, 0.2) is 5.16 Å². The SMILES string of the molecule is COc1cccc(-n2c(SCC(=O)N(CCC#N)c3ccc(C)cc3)nc3ccccc3c2=O)c1. The van der Waals surface area contributed by atoms with Crippen molar-refractivity contribution >= 4 is 34.3 Å². The molecule has 0 fully saturated rings. The molecule has 0 spiro atoms. The number of carbonyl (C=O) groups is 1. The summed E-state index contributed by atoms with van der Waals surface area (Å²) in [6, 6.07) is 24.0. The molecule has 3 aromatic carbocycles. The van der Waals surface area contributed by atoms with E-state index in [4.69, 9.17) is 15.0 Å². The Balaban J connectivity index is 1.71. The van der Waals surface area contributed by atoms with E-state index < -0.39 is 0 Å². The molecule has 7 nitrogen and oxygen atoms in total. The first-order valence-electron chi connectivity index (χ1n) is 11.0. The lowest BCUT2D eigenvalue weighted by Gasteiger charge is -2.22. The highest BCUT2D eigenvalue weighted by atomic mass is 32.2. The fraction of sp³-hybridized carbons (Fsp3) is 0.185. The molecule has 8 heteroatoms. The summed E-state index contributed by atoms with van der Waals surface area (Å²) < 4.78 is 6.85. The summed E-state index contributed by atoms with van der Waals surface area (Å²) in [4.78, 5) is 33.0. The Kier molecular flexibility index (Phi) is 7.48. The number of para-hydroxylation sites is 1. The number of nitrogens with zero attached hydrogens (tertiary/aromatic N) is 4. The highest BCUT2D eigenvalue weighted by Crippen LogP contribution is 2.25. The second-order valence-electron chi connectivity index (χ2n) is 7.83. The summed E-state index contributed by atoms with van der Waals surface area (Å²) in [6.07, 6.45) is 0.215. The van der Waals surface area contributed by atoms with Crippen LogP contribution in [0.5, 0.6) is 5.75 Å². The Morgan fingerprint density at radius 1 is 1.11 bits per heavy atom.